The van der Waals surface area contributed by atoms with Crippen LogP contribution in [-0.2, 0) is 6.42 Å². The predicted molar refractivity (Wildman–Crippen MR) is 79.2 cm³/mol. The average Bonchev–Trinajstić information content (AvgIpc) is 2.69. The standard InChI is InChI=1S/C14H25N3S/c1-11-12(8-16-17-11)5-4-6-15-13-7-14(2,3)10-18-9-13/h8,13,15H,4-7,9-10H2,1-3H3,(H,16,17). The first-order valence-corrected chi connectivity index (χ1v) is 8.02. The van der Waals surface area contributed by atoms with Crippen molar-refractivity contribution in [1.82, 2.24) is 15.5 Å². The van der Waals surface area contributed by atoms with Gasteiger partial charge in [0, 0.05) is 17.5 Å². The molecule has 2 rings (SSSR count). The van der Waals surface area contributed by atoms with Gasteiger partial charge in [-0.2, -0.15) is 16.9 Å². The number of aromatic amines is 1. The molecule has 0 amide bonds. The van der Waals surface area contributed by atoms with E-state index in [1.54, 1.807) is 0 Å². The summed E-state index contributed by atoms with van der Waals surface area (Å²) in [7, 11) is 0. The van der Waals surface area contributed by atoms with Gasteiger partial charge >= 0.3 is 0 Å². The number of H-pyrrole nitrogens is 1. The summed E-state index contributed by atoms with van der Waals surface area (Å²) in [6, 6.07) is 0.698. The lowest BCUT2D eigenvalue weighted by Crippen LogP contribution is -2.40. The summed E-state index contributed by atoms with van der Waals surface area (Å²) >= 11 is 2.09. The van der Waals surface area contributed by atoms with E-state index in [4.69, 9.17) is 0 Å². The Hall–Kier alpha value is -0.480. The van der Waals surface area contributed by atoms with Crippen molar-refractivity contribution in [3.63, 3.8) is 0 Å². The molecule has 1 atom stereocenters. The monoisotopic (exact) mass is 267 g/mol. The zero-order chi connectivity index (χ0) is 13.0. The van der Waals surface area contributed by atoms with Gasteiger partial charge < -0.3 is 5.32 Å². The van der Waals surface area contributed by atoms with Crippen molar-refractivity contribution in [3.05, 3.63) is 17.5 Å². The zero-order valence-corrected chi connectivity index (χ0v) is 12.6. The Bertz CT molecular complexity index is 373. The van der Waals surface area contributed by atoms with Gasteiger partial charge in [-0.25, -0.2) is 0 Å². The van der Waals surface area contributed by atoms with Gasteiger partial charge in [0.15, 0.2) is 0 Å². The van der Waals surface area contributed by atoms with E-state index < -0.39 is 0 Å². The molecule has 0 bridgehead atoms. The topological polar surface area (TPSA) is 40.7 Å². The number of nitrogens with one attached hydrogen (secondary N) is 2. The van der Waals surface area contributed by atoms with Gasteiger partial charge in [-0.3, -0.25) is 5.10 Å². The number of rotatable bonds is 5. The number of thioether (sulfide) groups is 1. The molecular formula is C14H25N3S. The smallest absolute Gasteiger partial charge is 0.0522 e. The highest BCUT2D eigenvalue weighted by Crippen LogP contribution is 2.33. The van der Waals surface area contributed by atoms with Crippen LogP contribution in [0.25, 0.3) is 0 Å². The minimum absolute atomic E-state index is 0.502. The highest BCUT2D eigenvalue weighted by atomic mass is 32.2. The lowest BCUT2D eigenvalue weighted by molar-refractivity contribution is 0.318. The van der Waals surface area contributed by atoms with Crippen molar-refractivity contribution in [2.45, 2.75) is 46.1 Å². The Balaban J connectivity index is 1.65. The molecule has 1 saturated heterocycles. The number of aromatic nitrogens is 2. The molecule has 1 unspecified atom stereocenters. The molecule has 0 saturated carbocycles. The van der Waals surface area contributed by atoms with E-state index in [1.807, 2.05) is 6.20 Å². The second kappa shape index (κ2) is 6.11. The van der Waals surface area contributed by atoms with E-state index in [1.165, 1.54) is 35.6 Å². The summed E-state index contributed by atoms with van der Waals surface area (Å²) in [5.74, 6) is 2.58. The molecule has 1 aliphatic rings. The normalized spacial score (nSPS) is 23.2. The van der Waals surface area contributed by atoms with Gasteiger partial charge in [-0.1, -0.05) is 13.8 Å². The van der Waals surface area contributed by atoms with Gasteiger partial charge in [-0.15, -0.1) is 0 Å². The Morgan fingerprint density at radius 3 is 3.06 bits per heavy atom. The molecule has 102 valence electrons. The summed E-state index contributed by atoms with van der Waals surface area (Å²) in [6.07, 6.45) is 5.58. The van der Waals surface area contributed by atoms with Gasteiger partial charge in [0.25, 0.3) is 0 Å². The van der Waals surface area contributed by atoms with Gasteiger partial charge in [-0.05, 0) is 49.5 Å². The summed E-state index contributed by atoms with van der Waals surface area (Å²) < 4.78 is 0. The van der Waals surface area contributed by atoms with Crippen molar-refractivity contribution >= 4 is 11.8 Å². The second-order valence-electron chi connectivity index (χ2n) is 6.16. The maximum absolute atomic E-state index is 4.06. The van der Waals surface area contributed by atoms with Crippen LogP contribution in [0.15, 0.2) is 6.20 Å². The minimum atomic E-state index is 0.502. The van der Waals surface area contributed by atoms with E-state index >= 15 is 0 Å². The summed E-state index contributed by atoms with van der Waals surface area (Å²) in [4.78, 5) is 0. The largest absolute Gasteiger partial charge is 0.313 e. The van der Waals surface area contributed by atoms with E-state index in [0.717, 1.165) is 13.0 Å². The molecule has 1 aromatic rings. The third-order valence-electron chi connectivity index (χ3n) is 3.60. The number of hydrogen-bond donors (Lipinski definition) is 2. The maximum atomic E-state index is 4.06. The Morgan fingerprint density at radius 2 is 2.39 bits per heavy atom. The molecular weight excluding hydrogens is 242 g/mol. The first kappa shape index (κ1) is 13.9. The lowest BCUT2D eigenvalue weighted by Gasteiger charge is -2.35. The number of aryl methyl sites for hydroxylation is 2. The van der Waals surface area contributed by atoms with E-state index in [-0.39, 0.29) is 0 Å². The van der Waals surface area contributed by atoms with Crippen LogP contribution in [-0.4, -0.2) is 34.3 Å². The molecule has 2 N–H and O–H groups in total. The van der Waals surface area contributed by atoms with Gasteiger partial charge in [0.05, 0.1) is 6.20 Å². The summed E-state index contributed by atoms with van der Waals surface area (Å²) in [5, 5.41) is 10.8. The van der Waals surface area contributed by atoms with Crippen LogP contribution in [0.4, 0.5) is 0 Å². The van der Waals surface area contributed by atoms with Crippen LogP contribution < -0.4 is 5.32 Å². The molecule has 3 nitrogen and oxygen atoms in total. The zero-order valence-electron chi connectivity index (χ0n) is 11.8. The predicted octanol–water partition coefficient (Wildman–Crippen LogP) is 2.77. The second-order valence-corrected chi connectivity index (χ2v) is 7.19. The van der Waals surface area contributed by atoms with Crippen LogP contribution in [0.5, 0.6) is 0 Å². The third kappa shape index (κ3) is 4.02. The molecule has 2 heterocycles. The Labute approximate surface area is 115 Å². The molecule has 0 aliphatic carbocycles. The molecule has 1 fully saturated rings. The van der Waals surface area contributed by atoms with Crippen LogP contribution in [0, 0.1) is 12.3 Å². The van der Waals surface area contributed by atoms with Crippen molar-refractivity contribution in [2.24, 2.45) is 5.41 Å². The molecule has 0 radical (unpaired) electrons. The van der Waals surface area contributed by atoms with Gasteiger partial charge in [0.2, 0.25) is 0 Å². The molecule has 1 aromatic heterocycles. The fourth-order valence-electron chi connectivity index (χ4n) is 2.61. The molecule has 18 heavy (non-hydrogen) atoms. The SMILES string of the molecule is Cc1[nH]ncc1CCCNC1CSCC(C)(C)C1. The number of hydrogen-bond acceptors (Lipinski definition) is 3. The van der Waals surface area contributed by atoms with Crippen LogP contribution in [0.1, 0.15) is 37.9 Å². The summed E-state index contributed by atoms with van der Waals surface area (Å²) in [6.45, 7) is 7.97. The van der Waals surface area contributed by atoms with Crippen molar-refractivity contribution in [1.29, 1.82) is 0 Å². The first-order valence-electron chi connectivity index (χ1n) is 6.87. The fourth-order valence-corrected chi connectivity index (χ4v) is 3.91. The lowest BCUT2D eigenvalue weighted by atomic mass is 9.88. The highest BCUT2D eigenvalue weighted by molar-refractivity contribution is 7.99. The van der Waals surface area contributed by atoms with Crippen LogP contribution >= 0.6 is 11.8 Å². The van der Waals surface area contributed by atoms with Crippen molar-refractivity contribution in [2.75, 3.05) is 18.1 Å². The number of nitrogens with zero attached hydrogens (tertiary/aromatic N) is 1. The Kier molecular flexibility index (Phi) is 4.73. The maximum Gasteiger partial charge on any atom is 0.0522 e. The molecule has 0 spiro atoms. The minimum Gasteiger partial charge on any atom is -0.313 e. The van der Waals surface area contributed by atoms with Crippen molar-refractivity contribution in [3.8, 4) is 0 Å². The first-order chi connectivity index (χ1) is 8.57. The van der Waals surface area contributed by atoms with E-state index in [0.29, 0.717) is 11.5 Å². The van der Waals surface area contributed by atoms with E-state index in [2.05, 4.69) is 48.0 Å². The molecule has 0 aromatic carbocycles. The van der Waals surface area contributed by atoms with Crippen LogP contribution in [0.2, 0.25) is 0 Å². The van der Waals surface area contributed by atoms with Crippen molar-refractivity contribution < 1.29 is 0 Å². The highest BCUT2D eigenvalue weighted by Gasteiger charge is 2.27. The van der Waals surface area contributed by atoms with Gasteiger partial charge in [0.1, 0.15) is 0 Å². The van der Waals surface area contributed by atoms with Crippen LogP contribution in [0.3, 0.4) is 0 Å². The molecule has 1 aliphatic heterocycles. The molecule has 4 heteroatoms. The fraction of sp³-hybridized carbons (Fsp3) is 0.786. The quantitative estimate of drug-likeness (QED) is 0.806. The third-order valence-corrected chi connectivity index (χ3v) is 5.22. The van der Waals surface area contributed by atoms with E-state index in [9.17, 15) is 0 Å². The Morgan fingerprint density at radius 1 is 1.56 bits per heavy atom. The summed E-state index contributed by atoms with van der Waals surface area (Å²) in [5.41, 5.74) is 3.07. The average molecular weight is 267 g/mol.